The zero-order chi connectivity index (χ0) is 15.1. The molecule has 1 amide bonds. The Labute approximate surface area is 117 Å². The zero-order valence-electron chi connectivity index (χ0n) is 11.7. The van der Waals surface area contributed by atoms with Gasteiger partial charge in [-0.2, -0.15) is 0 Å². The van der Waals surface area contributed by atoms with Gasteiger partial charge in [0.2, 0.25) is 0 Å². The summed E-state index contributed by atoms with van der Waals surface area (Å²) in [6, 6.07) is 2.17. The Kier molecular flexibility index (Phi) is 5.96. The van der Waals surface area contributed by atoms with Crippen LogP contribution in [0.15, 0.2) is 16.9 Å². The van der Waals surface area contributed by atoms with Crippen molar-refractivity contribution in [1.82, 2.24) is 10.3 Å². The minimum Gasteiger partial charge on any atom is -0.481 e. The van der Waals surface area contributed by atoms with E-state index in [9.17, 15) is 14.4 Å². The molecular formula is C14H20N2O4. The summed E-state index contributed by atoms with van der Waals surface area (Å²) >= 11 is 0. The first kappa shape index (κ1) is 15.9. The monoisotopic (exact) mass is 280 g/mol. The first-order chi connectivity index (χ1) is 9.42. The first-order valence-electron chi connectivity index (χ1n) is 6.66. The number of rotatable bonds is 7. The van der Waals surface area contributed by atoms with Gasteiger partial charge in [0.1, 0.15) is 5.69 Å². The van der Waals surface area contributed by atoms with Crippen LogP contribution in [-0.4, -0.2) is 28.0 Å². The number of carbonyl (C=O) groups is 2. The number of unbranched alkanes of at least 4 members (excludes halogenated alkanes) is 1. The van der Waals surface area contributed by atoms with Crippen LogP contribution in [0, 0.1) is 6.92 Å². The lowest BCUT2D eigenvalue weighted by Gasteiger charge is -2.16. The molecule has 0 aliphatic carbocycles. The summed E-state index contributed by atoms with van der Waals surface area (Å²) in [6.07, 6.45) is 2.24. The maximum absolute atomic E-state index is 12.0. The van der Waals surface area contributed by atoms with Crippen molar-refractivity contribution in [3.63, 3.8) is 0 Å². The van der Waals surface area contributed by atoms with E-state index in [4.69, 9.17) is 5.11 Å². The molecule has 0 saturated heterocycles. The number of H-pyrrole nitrogens is 1. The molecule has 1 aromatic heterocycles. The maximum Gasteiger partial charge on any atom is 0.305 e. The predicted octanol–water partition coefficient (Wildman–Crippen LogP) is 1.45. The highest BCUT2D eigenvalue weighted by Crippen LogP contribution is 2.06. The molecule has 0 radical (unpaired) electrons. The summed E-state index contributed by atoms with van der Waals surface area (Å²) in [7, 11) is 0. The van der Waals surface area contributed by atoms with E-state index in [1.165, 1.54) is 12.1 Å². The maximum atomic E-state index is 12.0. The minimum atomic E-state index is -0.955. The van der Waals surface area contributed by atoms with E-state index < -0.39 is 17.9 Å². The van der Waals surface area contributed by atoms with Crippen molar-refractivity contribution in [2.45, 2.75) is 45.6 Å². The second kappa shape index (κ2) is 7.47. The van der Waals surface area contributed by atoms with Crippen LogP contribution in [-0.2, 0) is 4.79 Å². The smallest absolute Gasteiger partial charge is 0.305 e. The molecule has 0 saturated carbocycles. The van der Waals surface area contributed by atoms with E-state index in [0.717, 1.165) is 12.8 Å². The molecule has 0 fully saturated rings. The number of carboxylic acid groups (broad SMARTS) is 1. The Balaban J connectivity index is 2.78. The normalized spacial score (nSPS) is 11.9. The van der Waals surface area contributed by atoms with Crippen LogP contribution in [0.2, 0.25) is 0 Å². The number of hydrogen-bond acceptors (Lipinski definition) is 3. The molecule has 6 nitrogen and oxygen atoms in total. The van der Waals surface area contributed by atoms with Gasteiger partial charge in [-0.1, -0.05) is 19.8 Å². The van der Waals surface area contributed by atoms with Gasteiger partial charge in [-0.05, 0) is 13.3 Å². The van der Waals surface area contributed by atoms with Crippen molar-refractivity contribution in [3.8, 4) is 0 Å². The fraction of sp³-hybridized carbons (Fsp3) is 0.500. The molecule has 1 rings (SSSR count). The van der Waals surface area contributed by atoms with Gasteiger partial charge in [0.15, 0.2) is 5.43 Å². The lowest BCUT2D eigenvalue weighted by molar-refractivity contribution is -0.137. The molecule has 0 bridgehead atoms. The van der Waals surface area contributed by atoms with Gasteiger partial charge in [0.25, 0.3) is 5.91 Å². The Hall–Kier alpha value is -2.11. The molecule has 6 heteroatoms. The molecule has 0 aromatic carbocycles. The highest BCUT2D eigenvalue weighted by atomic mass is 16.4. The highest BCUT2D eigenvalue weighted by molar-refractivity contribution is 5.92. The van der Waals surface area contributed by atoms with Crippen LogP contribution in [0.25, 0.3) is 0 Å². The number of nitrogens with one attached hydrogen (secondary N) is 2. The Morgan fingerprint density at radius 2 is 2.10 bits per heavy atom. The number of pyridine rings is 1. The van der Waals surface area contributed by atoms with E-state index in [1.54, 1.807) is 6.92 Å². The average Bonchev–Trinajstić information content (AvgIpc) is 2.34. The van der Waals surface area contributed by atoms with E-state index in [2.05, 4.69) is 10.3 Å². The molecule has 1 aromatic rings. The van der Waals surface area contributed by atoms with Crippen molar-refractivity contribution in [2.75, 3.05) is 0 Å². The number of carboxylic acids is 1. The summed E-state index contributed by atoms with van der Waals surface area (Å²) in [5, 5.41) is 11.5. The first-order valence-corrected chi connectivity index (χ1v) is 6.66. The predicted molar refractivity (Wildman–Crippen MR) is 74.8 cm³/mol. The molecule has 1 unspecified atom stereocenters. The Morgan fingerprint density at radius 3 is 2.65 bits per heavy atom. The summed E-state index contributed by atoms with van der Waals surface area (Å²) in [6.45, 7) is 3.68. The number of aromatic nitrogens is 1. The summed E-state index contributed by atoms with van der Waals surface area (Å²) in [5.74, 6) is -1.41. The van der Waals surface area contributed by atoms with Crippen LogP contribution in [0.4, 0.5) is 0 Å². The van der Waals surface area contributed by atoms with Crippen LogP contribution in [0.1, 0.15) is 48.8 Å². The number of aliphatic carboxylic acids is 1. The number of aryl methyl sites for hydroxylation is 1. The van der Waals surface area contributed by atoms with E-state index in [-0.39, 0.29) is 17.5 Å². The average molecular weight is 280 g/mol. The van der Waals surface area contributed by atoms with Gasteiger partial charge < -0.3 is 15.4 Å². The molecule has 3 N–H and O–H groups in total. The molecule has 0 aliphatic heterocycles. The van der Waals surface area contributed by atoms with Crippen molar-refractivity contribution >= 4 is 11.9 Å². The van der Waals surface area contributed by atoms with Gasteiger partial charge in [0.05, 0.1) is 6.42 Å². The summed E-state index contributed by atoms with van der Waals surface area (Å²) in [4.78, 5) is 37.0. The molecule has 110 valence electrons. The van der Waals surface area contributed by atoms with Crippen molar-refractivity contribution in [1.29, 1.82) is 0 Å². The quantitative estimate of drug-likeness (QED) is 0.703. The molecule has 0 spiro atoms. The van der Waals surface area contributed by atoms with Gasteiger partial charge in [-0.15, -0.1) is 0 Å². The number of carbonyl (C=O) groups excluding carboxylic acids is 1. The topological polar surface area (TPSA) is 99.3 Å². The third-order valence-electron chi connectivity index (χ3n) is 2.88. The fourth-order valence-corrected chi connectivity index (χ4v) is 1.95. The number of amides is 1. The molecule has 1 atom stereocenters. The van der Waals surface area contributed by atoms with E-state index in [1.807, 2.05) is 6.92 Å². The van der Waals surface area contributed by atoms with Crippen LogP contribution in [0.3, 0.4) is 0 Å². The van der Waals surface area contributed by atoms with Crippen molar-refractivity contribution in [3.05, 3.63) is 33.7 Å². The van der Waals surface area contributed by atoms with E-state index in [0.29, 0.717) is 12.1 Å². The molecular weight excluding hydrogens is 260 g/mol. The second-order valence-electron chi connectivity index (χ2n) is 4.82. The SMILES string of the molecule is CCCCC(CC(=O)O)NC(=O)c1cc(=O)cc(C)[nH]1. The van der Waals surface area contributed by atoms with Gasteiger partial charge in [-0.25, -0.2) is 0 Å². The summed E-state index contributed by atoms with van der Waals surface area (Å²) in [5.41, 5.74) is 0.489. The lowest BCUT2D eigenvalue weighted by atomic mass is 10.1. The van der Waals surface area contributed by atoms with Crippen LogP contribution >= 0.6 is 0 Å². The largest absolute Gasteiger partial charge is 0.481 e. The third-order valence-corrected chi connectivity index (χ3v) is 2.88. The van der Waals surface area contributed by atoms with Gasteiger partial charge >= 0.3 is 5.97 Å². The minimum absolute atomic E-state index is 0.123. The molecule has 1 heterocycles. The fourth-order valence-electron chi connectivity index (χ4n) is 1.95. The van der Waals surface area contributed by atoms with Gasteiger partial charge in [0, 0.05) is 23.9 Å². The van der Waals surface area contributed by atoms with Crippen molar-refractivity contribution in [2.24, 2.45) is 0 Å². The second-order valence-corrected chi connectivity index (χ2v) is 4.82. The third kappa shape index (κ3) is 5.26. The number of aromatic amines is 1. The van der Waals surface area contributed by atoms with Crippen LogP contribution in [0.5, 0.6) is 0 Å². The Bertz CT molecular complexity index is 536. The zero-order valence-corrected chi connectivity index (χ0v) is 11.7. The number of hydrogen-bond donors (Lipinski definition) is 3. The van der Waals surface area contributed by atoms with E-state index >= 15 is 0 Å². The molecule has 0 aliphatic rings. The summed E-state index contributed by atoms with van der Waals surface area (Å²) < 4.78 is 0. The van der Waals surface area contributed by atoms with Gasteiger partial charge in [-0.3, -0.25) is 14.4 Å². The van der Waals surface area contributed by atoms with Crippen LogP contribution < -0.4 is 10.7 Å². The lowest BCUT2D eigenvalue weighted by Crippen LogP contribution is -2.37. The standard InChI is InChI=1S/C14H20N2O4/c1-3-4-5-10(7-13(18)19)16-14(20)12-8-11(17)6-9(2)15-12/h6,8,10H,3-5,7H2,1-2H3,(H,15,17)(H,16,20)(H,18,19). The Morgan fingerprint density at radius 1 is 1.40 bits per heavy atom. The molecule has 20 heavy (non-hydrogen) atoms. The van der Waals surface area contributed by atoms with Crippen molar-refractivity contribution < 1.29 is 14.7 Å². The highest BCUT2D eigenvalue weighted by Gasteiger charge is 2.17.